The fourth-order valence-corrected chi connectivity index (χ4v) is 2.29. The first-order chi connectivity index (χ1) is 8.79. The van der Waals surface area contributed by atoms with Gasteiger partial charge in [-0.2, -0.15) is 0 Å². The van der Waals surface area contributed by atoms with Gasteiger partial charge in [0.25, 0.3) is 0 Å². The van der Waals surface area contributed by atoms with Crippen LogP contribution in [0.1, 0.15) is 19.8 Å². The molecule has 0 radical (unpaired) electrons. The minimum absolute atomic E-state index is 0.185. The molecular formula is C14H20ClNO2. The molecule has 4 heteroatoms. The standard InChI is InChI=1S/C14H20ClNO2/c1-2-16-9-11-7-8-12(18-11)10-17-14-6-4-3-5-13(14)15/h3-6,11-12,16H,2,7-10H2,1H3. The van der Waals surface area contributed by atoms with Crippen LogP contribution in [0.3, 0.4) is 0 Å². The molecule has 0 amide bonds. The van der Waals surface area contributed by atoms with E-state index in [2.05, 4.69) is 12.2 Å². The van der Waals surface area contributed by atoms with E-state index in [4.69, 9.17) is 21.1 Å². The summed E-state index contributed by atoms with van der Waals surface area (Å²) in [5.74, 6) is 0.734. The Labute approximate surface area is 113 Å². The first kappa shape index (κ1) is 13.7. The highest BCUT2D eigenvalue weighted by atomic mass is 35.5. The molecule has 18 heavy (non-hydrogen) atoms. The van der Waals surface area contributed by atoms with E-state index in [1.165, 1.54) is 0 Å². The van der Waals surface area contributed by atoms with Gasteiger partial charge in [0.15, 0.2) is 0 Å². The van der Waals surface area contributed by atoms with E-state index in [0.717, 1.165) is 31.7 Å². The zero-order valence-electron chi connectivity index (χ0n) is 10.7. The smallest absolute Gasteiger partial charge is 0.138 e. The van der Waals surface area contributed by atoms with E-state index in [0.29, 0.717) is 17.7 Å². The zero-order valence-corrected chi connectivity index (χ0v) is 11.5. The van der Waals surface area contributed by atoms with Crippen molar-refractivity contribution in [1.29, 1.82) is 0 Å². The second kappa shape index (κ2) is 6.98. The fourth-order valence-electron chi connectivity index (χ4n) is 2.10. The van der Waals surface area contributed by atoms with Gasteiger partial charge in [-0.3, -0.25) is 0 Å². The summed E-state index contributed by atoms with van der Waals surface area (Å²) in [6, 6.07) is 7.53. The van der Waals surface area contributed by atoms with Gasteiger partial charge in [0.1, 0.15) is 12.4 Å². The predicted molar refractivity (Wildman–Crippen MR) is 73.4 cm³/mol. The first-order valence-corrected chi connectivity index (χ1v) is 6.91. The lowest BCUT2D eigenvalue weighted by atomic mass is 10.2. The van der Waals surface area contributed by atoms with Gasteiger partial charge in [-0.1, -0.05) is 30.7 Å². The number of hydrogen-bond acceptors (Lipinski definition) is 3. The maximum Gasteiger partial charge on any atom is 0.138 e. The Morgan fingerprint density at radius 2 is 2.11 bits per heavy atom. The third-order valence-corrected chi connectivity index (χ3v) is 3.39. The average molecular weight is 270 g/mol. The number of benzene rings is 1. The van der Waals surface area contributed by atoms with Crippen LogP contribution in [-0.4, -0.2) is 31.9 Å². The number of likely N-dealkylation sites (N-methyl/N-ethyl adjacent to an activating group) is 1. The van der Waals surface area contributed by atoms with E-state index in [1.54, 1.807) is 0 Å². The first-order valence-electron chi connectivity index (χ1n) is 6.53. The molecular weight excluding hydrogens is 250 g/mol. The maximum atomic E-state index is 6.03. The van der Waals surface area contributed by atoms with Crippen LogP contribution in [0.4, 0.5) is 0 Å². The second-order valence-electron chi connectivity index (χ2n) is 4.51. The second-order valence-corrected chi connectivity index (χ2v) is 4.91. The molecule has 0 spiro atoms. The van der Waals surface area contributed by atoms with Gasteiger partial charge in [-0.15, -0.1) is 0 Å². The molecule has 1 aromatic rings. The highest BCUT2D eigenvalue weighted by molar-refractivity contribution is 6.32. The Morgan fingerprint density at radius 3 is 2.89 bits per heavy atom. The van der Waals surface area contributed by atoms with Crippen LogP contribution in [0.5, 0.6) is 5.75 Å². The Morgan fingerprint density at radius 1 is 1.33 bits per heavy atom. The normalized spacial score (nSPS) is 23.2. The van der Waals surface area contributed by atoms with Crippen molar-refractivity contribution in [3.05, 3.63) is 29.3 Å². The lowest BCUT2D eigenvalue weighted by Gasteiger charge is -2.15. The SMILES string of the molecule is CCNCC1CCC(COc2ccccc2Cl)O1. The summed E-state index contributed by atoms with van der Waals surface area (Å²) in [4.78, 5) is 0. The van der Waals surface area contributed by atoms with Crippen molar-refractivity contribution in [2.45, 2.75) is 32.0 Å². The van der Waals surface area contributed by atoms with Gasteiger partial charge < -0.3 is 14.8 Å². The monoisotopic (exact) mass is 269 g/mol. The van der Waals surface area contributed by atoms with Crippen molar-refractivity contribution in [2.24, 2.45) is 0 Å². The molecule has 1 fully saturated rings. The van der Waals surface area contributed by atoms with Crippen LogP contribution in [0.15, 0.2) is 24.3 Å². The Bertz CT molecular complexity index is 373. The summed E-state index contributed by atoms with van der Waals surface area (Å²) in [7, 11) is 0. The number of para-hydroxylation sites is 1. The fraction of sp³-hybridized carbons (Fsp3) is 0.571. The van der Waals surface area contributed by atoms with Crippen LogP contribution in [0, 0.1) is 0 Å². The van der Waals surface area contributed by atoms with Gasteiger partial charge in [-0.05, 0) is 31.5 Å². The van der Waals surface area contributed by atoms with Crippen molar-refractivity contribution in [3.63, 3.8) is 0 Å². The highest BCUT2D eigenvalue weighted by Crippen LogP contribution is 2.25. The Balaban J connectivity index is 1.74. The quantitative estimate of drug-likeness (QED) is 0.861. The van der Waals surface area contributed by atoms with Gasteiger partial charge in [0, 0.05) is 6.54 Å². The van der Waals surface area contributed by atoms with Crippen molar-refractivity contribution in [2.75, 3.05) is 19.7 Å². The van der Waals surface area contributed by atoms with Crippen LogP contribution >= 0.6 is 11.6 Å². The van der Waals surface area contributed by atoms with Crippen molar-refractivity contribution < 1.29 is 9.47 Å². The van der Waals surface area contributed by atoms with E-state index in [-0.39, 0.29) is 6.10 Å². The molecule has 0 saturated carbocycles. The number of nitrogens with one attached hydrogen (secondary N) is 1. The Kier molecular flexibility index (Phi) is 5.29. The molecule has 2 rings (SSSR count). The van der Waals surface area contributed by atoms with Gasteiger partial charge in [0.05, 0.1) is 17.2 Å². The molecule has 1 N–H and O–H groups in total. The summed E-state index contributed by atoms with van der Waals surface area (Å²) in [6.45, 7) is 4.60. The third-order valence-electron chi connectivity index (χ3n) is 3.08. The van der Waals surface area contributed by atoms with Crippen molar-refractivity contribution in [1.82, 2.24) is 5.32 Å². The van der Waals surface area contributed by atoms with Gasteiger partial charge in [0.2, 0.25) is 0 Å². The van der Waals surface area contributed by atoms with Crippen LogP contribution in [0.25, 0.3) is 0 Å². The van der Waals surface area contributed by atoms with Crippen molar-refractivity contribution >= 4 is 11.6 Å². The number of hydrogen-bond donors (Lipinski definition) is 1. The van der Waals surface area contributed by atoms with E-state index >= 15 is 0 Å². The predicted octanol–water partition coefficient (Wildman–Crippen LogP) is 2.88. The molecule has 100 valence electrons. The molecule has 1 saturated heterocycles. The molecule has 0 bridgehead atoms. The van der Waals surface area contributed by atoms with Crippen LogP contribution in [-0.2, 0) is 4.74 Å². The maximum absolute atomic E-state index is 6.03. The number of halogens is 1. The topological polar surface area (TPSA) is 30.5 Å². The minimum atomic E-state index is 0.185. The molecule has 2 unspecified atom stereocenters. The zero-order chi connectivity index (χ0) is 12.8. The summed E-state index contributed by atoms with van der Waals surface area (Å²) < 4.78 is 11.6. The molecule has 1 aromatic carbocycles. The molecule has 1 aliphatic heterocycles. The third kappa shape index (κ3) is 3.87. The Hall–Kier alpha value is -0.770. The average Bonchev–Trinajstić information content (AvgIpc) is 2.83. The molecule has 1 aliphatic rings. The summed E-state index contributed by atoms with van der Waals surface area (Å²) in [5.41, 5.74) is 0. The summed E-state index contributed by atoms with van der Waals surface area (Å²) in [5, 5.41) is 3.96. The minimum Gasteiger partial charge on any atom is -0.489 e. The largest absolute Gasteiger partial charge is 0.489 e. The molecule has 2 atom stereocenters. The van der Waals surface area contributed by atoms with Crippen molar-refractivity contribution in [3.8, 4) is 5.75 Å². The van der Waals surface area contributed by atoms with Crippen LogP contribution < -0.4 is 10.1 Å². The van der Waals surface area contributed by atoms with Gasteiger partial charge >= 0.3 is 0 Å². The summed E-state index contributed by atoms with van der Waals surface area (Å²) >= 11 is 6.03. The molecule has 0 aliphatic carbocycles. The summed E-state index contributed by atoms with van der Waals surface area (Å²) in [6.07, 6.45) is 2.67. The van der Waals surface area contributed by atoms with E-state index in [9.17, 15) is 0 Å². The molecule has 3 nitrogen and oxygen atoms in total. The molecule has 0 aromatic heterocycles. The van der Waals surface area contributed by atoms with Crippen LogP contribution in [0.2, 0.25) is 5.02 Å². The highest BCUT2D eigenvalue weighted by Gasteiger charge is 2.25. The molecule has 1 heterocycles. The van der Waals surface area contributed by atoms with Gasteiger partial charge in [-0.25, -0.2) is 0 Å². The lowest BCUT2D eigenvalue weighted by Crippen LogP contribution is -2.28. The number of rotatable bonds is 6. The lowest BCUT2D eigenvalue weighted by molar-refractivity contribution is 0.0188. The van der Waals surface area contributed by atoms with E-state index < -0.39 is 0 Å². The van der Waals surface area contributed by atoms with E-state index in [1.807, 2.05) is 24.3 Å². The number of ether oxygens (including phenoxy) is 2.